The molecule has 4 rings (SSSR count). The van der Waals surface area contributed by atoms with Crippen molar-refractivity contribution in [1.29, 1.82) is 0 Å². The van der Waals surface area contributed by atoms with Gasteiger partial charge in [0.05, 0.1) is 6.33 Å². The van der Waals surface area contributed by atoms with E-state index in [0.717, 1.165) is 12.2 Å². The van der Waals surface area contributed by atoms with Gasteiger partial charge in [0.15, 0.2) is 0 Å². The normalized spacial score (nSPS) is 14.9. The van der Waals surface area contributed by atoms with Crippen LogP contribution in [-0.2, 0) is 19.4 Å². The number of aromatic nitrogens is 2. The van der Waals surface area contributed by atoms with E-state index in [-0.39, 0.29) is 0 Å². The van der Waals surface area contributed by atoms with E-state index in [1.54, 1.807) is 11.1 Å². The molecule has 1 aliphatic rings. The summed E-state index contributed by atoms with van der Waals surface area (Å²) in [7, 11) is 0. The van der Waals surface area contributed by atoms with E-state index in [0.29, 0.717) is 6.04 Å². The van der Waals surface area contributed by atoms with E-state index in [2.05, 4.69) is 59.7 Å². The third kappa shape index (κ3) is 3.67. The van der Waals surface area contributed by atoms with Crippen molar-refractivity contribution in [1.82, 2.24) is 9.55 Å². The molecule has 25 heavy (non-hydrogen) atoms. The maximum Gasteiger partial charge on any atom is 0.109 e. The van der Waals surface area contributed by atoms with Gasteiger partial charge < -0.3 is 9.88 Å². The van der Waals surface area contributed by atoms with Crippen molar-refractivity contribution in [2.75, 3.05) is 0 Å². The van der Waals surface area contributed by atoms with Crippen LogP contribution in [0.1, 0.15) is 48.1 Å². The molecule has 2 aromatic carbocycles. The lowest BCUT2D eigenvalue weighted by Crippen LogP contribution is -2.83. The van der Waals surface area contributed by atoms with Gasteiger partial charge in [-0.3, -0.25) is 0 Å². The van der Waals surface area contributed by atoms with E-state index in [4.69, 9.17) is 0 Å². The molecule has 0 bridgehead atoms. The highest BCUT2D eigenvalue weighted by atomic mass is 15.0. The molecule has 1 atom stereocenters. The molecule has 3 aromatic rings. The average molecular weight is 332 g/mol. The predicted molar refractivity (Wildman–Crippen MR) is 101 cm³/mol. The maximum atomic E-state index is 4.10. The predicted octanol–water partition coefficient (Wildman–Crippen LogP) is 3.58. The van der Waals surface area contributed by atoms with Crippen LogP contribution in [0, 0.1) is 0 Å². The number of benzene rings is 2. The van der Waals surface area contributed by atoms with Gasteiger partial charge in [0.2, 0.25) is 0 Å². The molecule has 1 aromatic heterocycles. The van der Waals surface area contributed by atoms with E-state index in [1.165, 1.54) is 36.8 Å². The Morgan fingerprint density at radius 1 is 1.04 bits per heavy atom. The maximum absolute atomic E-state index is 4.10. The van der Waals surface area contributed by atoms with Gasteiger partial charge in [-0.2, -0.15) is 0 Å². The number of hydrogen-bond acceptors (Lipinski definition) is 1. The molecular weight excluding hydrogens is 306 g/mol. The van der Waals surface area contributed by atoms with E-state index in [1.807, 2.05) is 23.3 Å². The molecule has 0 amide bonds. The fourth-order valence-corrected chi connectivity index (χ4v) is 3.70. The Morgan fingerprint density at radius 2 is 1.84 bits per heavy atom. The minimum atomic E-state index is 0.487. The van der Waals surface area contributed by atoms with Gasteiger partial charge in [-0.1, -0.05) is 24.3 Å². The zero-order chi connectivity index (χ0) is 17.1. The van der Waals surface area contributed by atoms with Crippen LogP contribution in [0.25, 0.3) is 5.69 Å². The van der Waals surface area contributed by atoms with Gasteiger partial charge in [-0.25, -0.2) is 4.98 Å². The third-order valence-corrected chi connectivity index (χ3v) is 5.34. The van der Waals surface area contributed by atoms with Crippen LogP contribution in [0.4, 0.5) is 0 Å². The first kappa shape index (κ1) is 16.1. The largest absolute Gasteiger partial charge is 0.337 e. The molecule has 0 fully saturated rings. The van der Waals surface area contributed by atoms with E-state index < -0.39 is 0 Å². The smallest absolute Gasteiger partial charge is 0.109 e. The lowest BCUT2D eigenvalue weighted by Gasteiger charge is -2.18. The summed E-state index contributed by atoms with van der Waals surface area (Å²) in [5.74, 6) is 0. The van der Waals surface area contributed by atoms with Crippen LogP contribution in [0.15, 0.2) is 61.2 Å². The van der Waals surface area contributed by atoms with Crippen molar-refractivity contribution in [2.24, 2.45) is 0 Å². The molecule has 0 aliphatic heterocycles. The van der Waals surface area contributed by atoms with Crippen LogP contribution in [0.5, 0.6) is 0 Å². The van der Waals surface area contributed by atoms with Gasteiger partial charge in [-0.05, 0) is 61.9 Å². The van der Waals surface area contributed by atoms with Crippen molar-refractivity contribution < 1.29 is 5.32 Å². The molecule has 1 aliphatic carbocycles. The summed E-state index contributed by atoms with van der Waals surface area (Å²) in [6, 6.07) is 16.4. The van der Waals surface area contributed by atoms with Gasteiger partial charge >= 0.3 is 0 Å². The summed E-state index contributed by atoms with van der Waals surface area (Å²) in [4.78, 5) is 4.10. The third-order valence-electron chi connectivity index (χ3n) is 5.34. The number of hydrogen-bond donors (Lipinski definition) is 1. The second-order valence-electron chi connectivity index (χ2n) is 7.10. The standard InChI is InChI=1S/C22H25N3/c1-17(20-9-8-19-4-2-3-5-21(19)14-20)24-15-18-6-10-22(11-7-18)25-13-12-23-16-25/h6-14,16-17,24H,2-5,15H2,1H3/p+1/t17-/m0/s1. The summed E-state index contributed by atoms with van der Waals surface area (Å²) in [6.45, 7) is 3.31. The van der Waals surface area contributed by atoms with Gasteiger partial charge in [0.25, 0.3) is 0 Å². The van der Waals surface area contributed by atoms with Crippen LogP contribution in [-0.4, -0.2) is 9.55 Å². The van der Waals surface area contributed by atoms with Crippen LogP contribution < -0.4 is 5.32 Å². The van der Waals surface area contributed by atoms with E-state index in [9.17, 15) is 0 Å². The average Bonchev–Trinajstić information content (AvgIpc) is 3.21. The zero-order valence-electron chi connectivity index (χ0n) is 14.9. The number of imidazole rings is 1. The van der Waals surface area contributed by atoms with Crippen molar-refractivity contribution in [2.45, 2.75) is 45.2 Å². The van der Waals surface area contributed by atoms with Crippen LogP contribution in [0.2, 0.25) is 0 Å². The Labute approximate surface area is 149 Å². The molecule has 0 unspecified atom stereocenters. The lowest BCUT2D eigenvalue weighted by molar-refractivity contribution is -0.707. The van der Waals surface area contributed by atoms with E-state index >= 15 is 0 Å². The van der Waals surface area contributed by atoms with Gasteiger partial charge in [0.1, 0.15) is 12.6 Å². The molecule has 2 N–H and O–H groups in total. The molecule has 3 nitrogen and oxygen atoms in total. The number of quaternary nitrogens is 1. The highest BCUT2D eigenvalue weighted by Gasteiger charge is 2.14. The molecule has 128 valence electrons. The fraction of sp³-hybridized carbons (Fsp3) is 0.318. The molecular formula is C22H26N3+. The van der Waals surface area contributed by atoms with Gasteiger partial charge in [0, 0.05) is 29.2 Å². The second kappa shape index (κ2) is 7.24. The van der Waals surface area contributed by atoms with Crippen LogP contribution >= 0.6 is 0 Å². The lowest BCUT2D eigenvalue weighted by atomic mass is 9.89. The summed E-state index contributed by atoms with van der Waals surface area (Å²) >= 11 is 0. The highest BCUT2D eigenvalue weighted by Crippen LogP contribution is 2.23. The Bertz CT molecular complexity index is 819. The number of aryl methyl sites for hydroxylation is 2. The SMILES string of the molecule is C[C@H]([NH2+]Cc1ccc(-n2ccnc2)cc1)c1ccc2c(c1)CCCC2. The molecule has 0 spiro atoms. The minimum Gasteiger partial charge on any atom is -0.337 e. The highest BCUT2D eigenvalue weighted by molar-refractivity contribution is 5.35. The summed E-state index contributed by atoms with van der Waals surface area (Å²) in [5.41, 5.74) is 7.11. The number of nitrogens with two attached hydrogens (primary N) is 1. The number of nitrogens with zero attached hydrogens (tertiary/aromatic N) is 2. The minimum absolute atomic E-state index is 0.487. The first-order chi connectivity index (χ1) is 12.3. The fourth-order valence-electron chi connectivity index (χ4n) is 3.70. The molecule has 3 heteroatoms. The number of rotatable bonds is 5. The zero-order valence-corrected chi connectivity index (χ0v) is 14.9. The van der Waals surface area contributed by atoms with Crippen LogP contribution in [0.3, 0.4) is 0 Å². The Morgan fingerprint density at radius 3 is 2.60 bits per heavy atom. The first-order valence-electron chi connectivity index (χ1n) is 9.32. The topological polar surface area (TPSA) is 34.4 Å². The van der Waals surface area contributed by atoms with Crippen molar-refractivity contribution in [3.05, 3.63) is 83.4 Å². The Hall–Kier alpha value is -2.39. The first-order valence-corrected chi connectivity index (χ1v) is 9.32. The Kier molecular flexibility index (Phi) is 4.66. The quantitative estimate of drug-likeness (QED) is 0.761. The van der Waals surface area contributed by atoms with Crippen molar-refractivity contribution in [3.8, 4) is 5.69 Å². The number of fused-ring (bicyclic) bond motifs is 1. The van der Waals surface area contributed by atoms with Crippen molar-refractivity contribution in [3.63, 3.8) is 0 Å². The van der Waals surface area contributed by atoms with Gasteiger partial charge in [-0.15, -0.1) is 0 Å². The Balaban J connectivity index is 1.39. The summed E-state index contributed by atoms with van der Waals surface area (Å²) < 4.78 is 2.03. The molecule has 1 heterocycles. The van der Waals surface area contributed by atoms with Crippen molar-refractivity contribution >= 4 is 0 Å². The monoisotopic (exact) mass is 332 g/mol. The molecule has 0 saturated carbocycles. The summed E-state index contributed by atoms with van der Waals surface area (Å²) in [5, 5.41) is 2.43. The second-order valence-corrected chi connectivity index (χ2v) is 7.10. The molecule has 0 radical (unpaired) electrons. The summed E-state index contributed by atoms with van der Waals surface area (Å²) in [6.07, 6.45) is 10.8. The molecule has 0 saturated heterocycles.